The first-order chi connectivity index (χ1) is 13.6. The molecular weight excluding hydrogens is 355 g/mol. The number of rotatable bonds is 5. The molecule has 0 saturated heterocycles. The molecule has 0 atom stereocenters. The summed E-state index contributed by atoms with van der Waals surface area (Å²) in [5.74, 6) is -0.588. The van der Waals surface area contributed by atoms with Gasteiger partial charge in [0.25, 0.3) is 5.91 Å². The monoisotopic (exact) mass is 374 g/mol. The molecule has 0 aliphatic heterocycles. The van der Waals surface area contributed by atoms with Gasteiger partial charge in [-0.1, -0.05) is 30.3 Å². The summed E-state index contributed by atoms with van der Waals surface area (Å²) in [5.41, 5.74) is 3.57. The second-order valence-corrected chi connectivity index (χ2v) is 6.48. The van der Waals surface area contributed by atoms with Crippen molar-refractivity contribution in [2.45, 2.75) is 6.54 Å². The number of amides is 1. The minimum absolute atomic E-state index is 0.249. The molecule has 4 rings (SSSR count). The molecular formula is C22H19FN4O. The van der Waals surface area contributed by atoms with Crippen molar-refractivity contribution in [3.63, 3.8) is 0 Å². The van der Waals surface area contributed by atoms with E-state index in [1.807, 2.05) is 60.3 Å². The van der Waals surface area contributed by atoms with Gasteiger partial charge >= 0.3 is 0 Å². The quantitative estimate of drug-likeness (QED) is 0.575. The molecule has 0 aliphatic carbocycles. The average Bonchev–Trinajstić information content (AvgIpc) is 3.34. The number of hydrogen-bond acceptors (Lipinski definition) is 2. The van der Waals surface area contributed by atoms with Crippen molar-refractivity contribution in [1.29, 1.82) is 0 Å². The van der Waals surface area contributed by atoms with Crippen molar-refractivity contribution < 1.29 is 9.18 Å². The number of carbonyl (C=O) groups excluding carboxylic acids is 1. The summed E-state index contributed by atoms with van der Waals surface area (Å²) in [6.45, 7) is 0.410. The third kappa shape index (κ3) is 3.57. The minimum Gasteiger partial charge on any atom is -0.349 e. The Morgan fingerprint density at radius 2 is 1.79 bits per heavy atom. The molecule has 1 N–H and O–H groups in total. The standard InChI is InChI=1S/C22H19FN4O/c1-26-13-5-8-20(26)19-14-21(22(28)24-15-16-6-3-2-4-7-16)27(25-19)18-11-9-17(23)10-12-18/h2-14H,15H2,1H3,(H,24,28). The molecule has 2 aromatic heterocycles. The Morgan fingerprint density at radius 3 is 2.46 bits per heavy atom. The van der Waals surface area contributed by atoms with E-state index in [-0.39, 0.29) is 11.7 Å². The summed E-state index contributed by atoms with van der Waals surface area (Å²) in [5, 5.41) is 7.53. The Bertz CT molecular complexity index is 1100. The van der Waals surface area contributed by atoms with Crippen LogP contribution in [0.15, 0.2) is 79.0 Å². The zero-order valence-corrected chi connectivity index (χ0v) is 15.3. The molecule has 140 valence electrons. The highest BCUT2D eigenvalue weighted by molar-refractivity contribution is 5.94. The molecule has 4 aromatic rings. The number of nitrogens with one attached hydrogen (secondary N) is 1. The number of aromatic nitrogens is 3. The zero-order chi connectivity index (χ0) is 19.5. The first-order valence-corrected chi connectivity index (χ1v) is 8.91. The summed E-state index contributed by atoms with van der Waals surface area (Å²) in [6.07, 6.45) is 1.92. The van der Waals surface area contributed by atoms with E-state index in [0.29, 0.717) is 23.6 Å². The Balaban J connectivity index is 1.69. The van der Waals surface area contributed by atoms with Crippen LogP contribution in [0.5, 0.6) is 0 Å². The van der Waals surface area contributed by atoms with E-state index >= 15 is 0 Å². The number of hydrogen-bond donors (Lipinski definition) is 1. The van der Waals surface area contributed by atoms with E-state index in [9.17, 15) is 9.18 Å². The average molecular weight is 374 g/mol. The zero-order valence-electron chi connectivity index (χ0n) is 15.3. The molecule has 6 heteroatoms. The second-order valence-electron chi connectivity index (χ2n) is 6.48. The van der Waals surface area contributed by atoms with Gasteiger partial charge in [0.2, 0.25) is 0 Å². The predicted octanol–water partition coefficient (Wildman–Crippen LogP) is 3.95. The lowest BCUT2D eigenvalue weighted by Crippen LogP contribution is -2.25. The number of carbonyl (C=O) groups is 1. The van der Waals surface area contributed by atoms with Gasteiger partial charge in [-0.05, 0) is 48.0 Å². The molecule has 28 heavy (non-hydrogen) atoms. The molecule has 0 bridgehead atoms. The Labute approximate surface area is 162 Å². The Morgan fingerprint density at radius 1 is 1.04 bits per heavy atom. The van der Waals surface area contributed by atoms with Crippen molar-refractivity contribution in [2.75, 3.05) is 0 Å². The van der Waals surface area contributed by atoms with Gasteiger partial charge in [-0.2, -0.15) is 5.10 Å². The normalized spacial score (nSPS) is 10.8. The Hall–Kier alpha value is -3.67. The summed E-state index contributed by atoms with van der Waals surface area (Å²) in [7, 11) is 1.92. The van der Waals surface area contributed by atoms with Gasteiger partial charge in [-0.15, -0.1) is 0 Å². The number of nitrogens with zero attached hydrogens (tertiary/aromatic N) is 3. The highest BCUT2D eigenvalue weighted by Gasteiger charge is 2.18. The third-order valence-corrected chi connectivity index (χ3v) is 4.52. The van der Waals surface area contributed by atoms with Crippen LogP contribution in [0, 0.1) is 5.82 Å². The van der Waals surface area contributed by atoms with Crippen LogP contribution in [-0.4, -0.2) is 20.3 Å². The van der Waals surface area contributed by atoms with Gasteiger partial charge in [0.05, 0.1) is 11.4 Å². The molecule has 2 heterocycles. The maximum atomic E-state index is 13.3. The van der Waals surface area contributed by atoms with Crippen LogP contribution in [0.25, 0.3) is 17.1 Å². The van der Waals surface area contributed by atoms with E-state index < -0.39 is 0 Å². The SMILES string of the molecule is Cn1cccc1-c1cc(C(=O)NCc2ccccc2)n(-c2ccc(F)cc2)n1. The fourth-order valence-corrected chi connectivity index (χ4v) is 3.04. The number of halogens is 1. The van der Waals surface area contributed by atoms with Gasteiger partial charge < -0.3 is 9.88 Å². The van der Waals surface area contributed by atoms with Crippen LogP contribution in [0.3, 0.4) is 0 Å². The van der Waals surface area contributed by atoms with Crippen LogP contribution in [0.2, 0.25) is 0 Å². The van der Waals surface area contributed by atoms with Crippen molar-refractivity contribution >= 4 is 5.91 Å². The van der Waals surface area contributed by atoms with E-state index in [0.717, 1.165) is 11.3 Å². The molecule has 0 aliphatic rings. The highest BCUT2D eigenvalue weighted by atomic mass is 19.1. The van der Waals surface area contributed by atoms with E-state index in [2.05, 4.69) is 10.4 Å². The van der Waals surface area contributed by atoms with Gasteiger partial charge in [0, 0.05) is 19.8 Å². The predicted molar refractivity (Wildman–Crippen MR) is 106 cm³/mol. The summed E-state index contributed by atoms with van der Waals surface area (Å²) in [6, 6.07) is 21.2. The lowest BCUT2D eigenvalue weighted by molar-refractivity contribution is 0.0943. The lowest BCUT2D eigenvalue weighted by atomic mass is 10.2. The molecule has 2 aromatic carbocycles. The molecule has 1 amide bonds. The van der Waals surface area contributed by atoms with Gasteiger partial charge in [0.15, 0.2) is 0 Å². The van der Waals surface area contributed by atoms with Gasteiger partial charge in [-0.25, -0.2) is 9.07 Å². The lowest BCUT2D eigenvalue weighted by Gasteiger charge is -2.08. The Kier molecular flexibility index (Phi) is 4.76. The fraction of sp³-hybridized carbons (Fsp3) is 0.0909. The molecule has 5 nitrogen and oxygen atoms in total. The van der Waals surface area contributed by atoms with Crippen LogP contribution in [-0.2, 0) is 13.6 Å². The first-order valence-electron chi connectivity index (χ1n) is 8.91. The van der Waals surface area contributed by atoms with Crippen LogP contribution < -0.4 is 5.32 Å². The van der Waals surface area contributed by atoms with Crippen LogP contribution in [0.1, 0.15) is 16.1 Å². The summed E-state index contributed by atoms with van der Waals surface area (Å²) >= 11 is 0. The van der Waals surface area contributed by atoms with Crippen molar-refractivity contribution in [2.24, 2.45) is 7.05 Å². The largest absolute Gasteiger partial charge is 0.349 e. The van der Waals surface area contributed by atoms with Gasteiger partial charge in [-0.3, -0.25) is 4.79 Å². The molecule has 0 unspecified atom stereocenters. The summed E-state index contributed by atoms with van der Waals surface area (Å²) < 4.78 is 16.8. The van der Waals surface area contributed by atoms with Crippen molar-refractivity contribution in [3.8, 4) is 17.1 Å². The first kappa shape index (κ1) is 17.7. The van der Waals surface area contributed by atoms with E-state index in [1.165, 1.54) is 12.1 Å². The molecule has 0 saturated carbocycles. The molecule has 0 spiro atoms. The minimum atomic E-state index is -0.339. The van der Waals surface area contributed by atoms with Crippen LogP contribution in [0.4, 0.5) is 4.39 Å². The molecule has 0 fully saturated rings. The van der Waals surface area contributed by atoms with E-state index in [4.69, 9.17) is 0 Å². The maximum Gasteiger partial charge on any atom is 0.270 e. The topological polar surface area (TPSA) is 51.9 Å². The van der Waals surface area contributed by atoms with Gasteiger partial charge in [0.1, 0.15) is 17.2 Å². The number of aryl methyl sites for hydroxylation is 1. The fourth-order valence-electron chi connectivity index (χ4n) is 3.04. The van der Waals surface area contributed by atoms with Crippen molar-refractivity contribution in [1.82, 2.24) is 19.7 Å². The maximum absolute atomic E-state index is 13.3. The van der Waals surface area contributed by atoms with E-state index in [1.54, 1.807) is 22.9 Å². The summed E-state index contributed by atoms with van der Waals surface area (Å²) in [4.78, 5) is 12.9. The molecule has 0 radical (unpaired) electrons. The number of benzene rings is 2. The third-order valence-electron chi connectivity index (χ3n) is 4.52. The second kappa shape index (κ2) is 7.52. The smallest absolute Gasteiger partial charge is 0.270 e. The van der Waals surface area contributed by atoms with Crippen LogP contribution >= 0.6 is 0 Å². The van der Waals surface area contributed by atoms with Crippen molar-refractivity contribution in [3.05, 3.63) is 96.1 Å². The highest BCUT2D eigenvalue weighted by Crippen LogP contribution is 2.22.